The number of carboxylic acids is 1. The Morgan fingerprint density at radius 1 is 1.17 bits per heavy atom. The number of sulfone groups is 1. The van der Waals surface area contributed by atoms with E-state index in [1.807, 2.05) is 30.3 Å². The van der Waals surface area contributed by atoms with Gasteiger partial charge in [-0.3, -0.25) is 9.59 Å². The van der Waals surface area contributed by atoms with E-state index in [-0.39, 0.29) is 19.0 Å². The van der Waals surface area contributed by atoms with Crippen LogP contribution in [0.1, 0.15) is 32.3 Å². The van der Waals surface area contributed by atoms with Crippen LogP contribution in [-0.4, -0.2) is 53.9 Å². The Balaban J connectivity index is 2.19. The summed E-state index contributed by atoms with van der Waals surface area (Å²) in [5, 5.41) is 9.45. The van der Waals surface area contributed by atoms with Crippen LogP contribution >= 0.6 is 0 Å². The molecule has 0 radical (unpaired) electrons. The Kier molecular flexibility index (Phi) is 5.03. The summed E-state index contributed by atoms with van der Waals surface area (Å²) >= 11 is 0. The maximum atomic E-state index is 12.4. The Labute approximate surface area is 142 Å². The summed E-state index contributed by atoms with van der Waals surface area (Å²) in [6.07, 6.45) is 0. The van der Waals surface area contributed by atoms with Crippen LogP contribution in [0.2, 0.25) is 0 Å². The molecule has 2 rings (SSSR count). The minimum atomic E-state index is -3.59. The molecule has 0 spiro atoms. The largest absolute Gasteiger partial charge is 0.481 e. The molecule has 0 bridgehead atoms. The van der Waals surface area contributed by atoms with Crippen molar-refractivity contribution >= 4 is 21.7 Å². The van der Waals surface area contributed by atoms with Gasteiger partial charge in [0.2, 0.25) is 5.91 Å². The van der Waals surface area contributed by atoms with E-state index in [4.69, 9.17) is 0 Å². The second-order valence-corrected chi connectivity index (χ2v) is 9.88. The summed E-state index contributed by atoms with van der Waals surface area (Å²) in [5.74, 6) is -3.16. The Morgan fingerprint density at radius 2 is 1.75 bits per heavy atom. The first-order valence-corrected chi connectivity index (χ1v) is 9.46. The van der Waals surface area contributed by atoms with Gasteiger partial charge in [0.25, 0.3) is 0 Å². The fourth-order valence-corrected chi connectivity index (χ4v) is 3.71. The number of aliphatic carboxylic acids is 1. The Morgan fingerprint density at radius 3 is 2.25 bits per heavy atom. The minimum absolute atomic E-state index is 0.0351. The van der Waals surface area contributed by atoms with Gasteiger partial charge in [0.1, 0.15) is 5.75 Å². The molecule has 0 aromatic heterocycles. The summed E-state index contributed by atoms with van der Waals surface area (Å²) < 4.78 is 23.4. The van der Waals surface area contributed by atoms with Crippen molar-refractivity contribution in [3.8, 4) is 0 Å². The predicted octanol–water partition coefficient (Wildman–Crippen LogP) is 1.53. The lowest BCUT2D eigenvalue weighted by Crippen LogP contribution is -2.40. The molecule has 0 aliphatic carbocycles. The standard InChI is InChI=1S/C17H23NO5S/c1-17(2,3)24(22,23)11-15(19)18-9-13(14(10-18)16(20)21)12-7-5-4-6-8-12/h4-8,13-14H,9-11H2,1-3H3,(H,20,21). The van der Waals surface area contributed by atoms with Gasteiger partial charge in [-0.1, -0.05) is 30.3 Å². The summed E-state index contributed by atoms with van der Waals surface area (Å²) in [4.78, 5) is 25.3. The van der Waals surface area contributed by atoms with Crippen LogP contribution in [0.25, 0.3) is 0 Å². The summed E-state index contributed by atoms with van der Waals surface area (Å²) in [6.45, 7) is 4.90. The summed E-state index contributed by atoms with van der Waals surface area (Å²) in [5.41, 5.74) is 0.846. The quantitative estimate of drug-likeness (QED) is 0.886. The molecule has 2 atom stereocenters. The van der Waals surface area contributed by atoms with E-state index >= 15 is 0 Å². The molecular formula is C17H23NO5S. The molecule has 6 nitrogen and oxygen atoms in total. The first-order valence-electron chi connectivity index (χ1n) is 7.81. The van der Waals surface area contributed by atoms with Crippen molar-refractivity contribution < 1.29 is 23.1 Å². The highest BCUT2D eigenvalue weighted by molar-refractivity contribution is 7.93. The van der Waals surface area contributed by atoms with Gasteiger partial charge in [-0.2, -0.15) is 0 Å². The lowest BCUT2D eigenvalue weighted by Gasteiger charge is -2.22. The Hall–Kier alpha value is -1.89. The number of rotatable bonds is 4. The minimum Gasteiger partial charge on any atom is -0.481 e. The highest BCUT2D eigenvalue weighted by Gasteiger charge is 2.42. The van der Waals surface area contributed by atoms with Gasteiger partial charge in [0.15, 0.2) is 9.84 Å². The van der Waals surface area contributed by atoms with Gasteiger partial charge in [-0.05, 0) is 26.3 Å². The average molecular weight is 353 g/mol. The number of carboxylic acid groups (broad SMARTS) is 1. The van der Waals surface area contributed by atoms with Gasteiger partial charge in [0.05, 0.1) is 10.7 Å². The number of benzene rings is 1. The Bertz CT molecular complexity index is 721. The van der Waals surface area contributed by atoms with Crippen molar-refractivity contribution in [2.24, 2.45) is 5.92 Å². The molecule has 1 aromatic rings. The molecule has 2 unspecified atom stereocenters. The van der Waals surface area contributed by atoms with Crippen LogP contribution in [-0.2, 0) is 19.4 Å². The van der Waals surface area contributed by atoms with Crippen molar-refractivity contribution in [2.75, 3.05) is 18.8 Å². The third-order valence-corrected chi connectivity index (χ3v) is 6.96. The van der Waals surface area contributed by atoms with E-state index in [0.29, 0.717) is 0 Å². The van der Waals surface area contributed by atoms with Crippen LogP contribution in [0.15, 0.2) is 30.3 Å². The molecule has 1 aliphatic heterocycles. The monoisotopic (exact) mass is 353 g/mol. The van der Waals surface area contributed by atoms with E-state index in [1.165, 1.54) is 4.90 Å². The maximum absolute atomic E-state index is 12.4. The van der Waals surface area contributed by atoms with Crippen molar-refractivity contribution in [1.29, 1.82) is 0 Å². The fourth-order valence-electron chi connectivity index (χ4n) is 2.77. The average Bonchev–Trinajstić information content (AvgIpc) is 2.92. The highest BCUT2D eigenvalue weighted by atomic mass is 32.2. The van der Waals surface area contributed by atoms with Crippen LogP contribution in [0.3, 0.4) is 0 Å². The SMILES string of the molecule is CC(C)(C)S(=O)(=O)CC(=O)N1CC(C(=O)O)C(c2ccccc2)C1. The first-order chi connectivity index (χ1) is 11.0. The zero-order chi connectivity index (χ0) is 18.1. The molecule has 0 saturated carbocycles. The van der Waals surface area contributed by atoms with Crippen molar-refractivity contribution in [2.45, 2.75) is 31.4 Å². The van der Waals surface area contributed by atoms with E-state index < -0.39 is 38.1 Å². The highest BCUT2D eigenvalue weighted by Crippen LogP contribution is 2.33. The second kappa shape index (κ2) is 6.55. The van der Waals surface area contributed by atoms with E-state index in [1.54, 1.807) is 20.8 Å². The maximum Gasteiger partial charge on any atom is 0.308 e. The normalized spacial score (nSPS) is 21.7. The lowest BCUT2D eigenvalue weighted by molar-refractivity contribution is -0.141. The van der Waals surface area contributed by atoms with Gasteiger partial charge in [-0.15, -0.1) is 0 Å². The van der Waals surface area contributed by atoms with Crippen LogP contribution in [0.5, 0.6) is 0 Å². The number of hydrogen-bond donors (Lipinski definition) is 1. The topological polar surface area (TPSA) is 91.8 Å². The zero-order valence-electron chi connectivity index (χ0n) is 14.1. The molecule has 132 valence electrons. The smallest absolute Gasteiger partial charge is 0.308 e. The lowest BCUT2D eigenvalue weighted by atomic mass is 9.89. The van der Waals surface area contributed by atoms with Gasteiger partial charge in [-0.25, -0.2) is 8.42 Å². The third kappa shape index (κ3) is 3.77. The molecule has 1 aliphatic rings. The number of hydrogen-bond acceptors (Lipinski definition) is 4. The van der Waals surface area contributed by atoms with Crippen LogP contribution in [0, 0.1) is 5.92 Å². The molecule has 1 fully saturated rings. The van der Waals surface area contributed by atoms with Gasteiger partial charge >= 0.3 is 5.97 Å². The number of amides is 1. The zero-order valence-corrected chi connectivity index (χ0v) is 14.9. The molecule has 1 heterocycles. The number of carbonyl (C=O) groups is 2. The van der Waals surface area contributed by atoms with Crippen LogP contribution in [0.4, 0.5) is 0 Å². The van der Waals surface area contributed by atoms with Crippen molar-refractivity contribution in [3.05, 3.63) is 35.9 Å². The molecule has 7 heteroatoms. The molecule has 1 N–H and O–H groups in total. The van der Waals surface area contributed by atoms with E-state index in [9.17, 15) is 23.1 Å². The van der Waals surface area contributed by atoms with Crippen LogP contribution < -0.4 is 0 Å². The van der Waals surface area contributed by atoms with E-state index in [2.05, 4.69) is 0 Å². The van der Waals surface area contributed by atoms with Gasteiger partial charge < -0.3 is 10.0 Å². The molecule has 1 aromatic carbocycles. The number of carbonyl (C=O) groups excluding carboxylic acids is 1. The molecule has 24 heavy (non-hydrogen) atoms. The third-order valence-electron chi connectivity index (χ3n) is 4.46. The first kappa shape index (κ1) is 18.4. The molecular weight excluding hydrogens is 330 g/mol. The predicted molar refractivity (Wildman–Crippen MR) is 90.4 cm³/mol. The summed E-state index contributed by atoms with van der Waals surface area (Å²) in [7, 11) is -3.59. The molecule has 1 saturated heterocycles. The van der Waals surface area contributed by atoms with E-state index in [0.717, 1.165) is 5.56 Å². The van der Waals surface area contributed by atoms with Crippen molar-refractivity contribution in [1.82, 2.24) is 4.90 Å². The molecule has 1 amide bonds. The van der Waals surface area contributed by atoms with Crippen molar-refractivity contribution in [3.63, 3.8) is 0 Å². The fraction of sp³-hybridized carbons (Fsp3) is 0.529. The second-order valence-electron chi connectivity index (χ2n) is 7.13. The number of nitrogens with zero attached hydrogens (tertiary/aromatic N) is 1. The van der Waals surface area contributed by atoms with Gasteiger partial charge in [0, 0.05) is 19.0 Å². The number of likely N-dealkylation sites (tertiary alicyclic amines) is 1. The summed E-state index contributed by atoms with van der Waals surface area (Å²) in [6, 6.07) is 9.15.